The zero-order valence-corrected chi connectivity index (χ0v) is 40.4. The Labute approximate surface area is 387 Å². The molecule has 1 aliphatic carbocycles. The second-order valence-electron chi connectivity index (χ2n) is 19.7. The van der Waals surface area contributed by atoms with Gasteiger partial charge < -0.3 is 43.2 Å². The predicted octanol–water partition coefficient (Wildman–Crippen LogP) is 6.78. The van der Waals surface area contributed by atoms with Crippen LogP contribution in [0.2, 0.25) is 5.02 Å². The number of aliphatic hydroxyl groups excluding tert-OH is 1. The molecular weight excluding hydrogens is 869 g/mol. The van der Waals surface area contributed by atoms with Crippen molar-refractivity contribution >= 4 is 41.6 Å². The second-order valence-corrected chi connectivity index (χ2v) is 20.1. The van der Waals surface area contributed by atoms with E-state index in [1.807, 2.05) is 14.0 Å². The van der Waals surface area contributed by atoms with Crippen LogP contribution in [0.15, 0.2) is 18.2 Å². The molecule has 0 bridgehead atoms. The molecule has 4 aliphatic heterocycles. The number of nitrogens with zero attached hydrogens (tertiary/aromatic N) is 3. The highest BCUT2D eigenvalue weighted by Gasteiger charge is 2.61. The highest BCUT2D eigenvalue weighted by atomic mass is 35.5. The number of methoxy groups -OCH3 is 1. The lowest BCUT2D eigenvalue weighted by Gasteiger charge is -2.48. The number of ketones is 1. The van der Waals surface area contributed by atoms with Crippen molar-refractivity contribution in [2.45, 2.75) is 167 Å². The van der Waals surface area contributed by atoms with Gasteiger partial charge in [0.05, 0.1) is 40.8 Å². The van der Waals surface area contributed by atoms with Gasteiger partial charge in [0, 0.05) is 44.0 Å². The summed E-state index contributed by atoms with van der Waals surface area (Å²) in [7, 11) is 3.44. The first-order valence-corrected chi connectivity index (χ1v) is 23.5. The van der Waals surface area contributed by atoms with Gasteiger partial charge in [-0.25, -0.2) is 23.7 Å². The van der Waals surface area contributed by atoms with Gasteiger partial charge >= 0.3 is 24.2 Å². The lowest BCUT2D eigenvalue weighted by Crippen LogP contribution is -2.61. The minimum atomic E-state index is -1.56. The number of hydrogen-bond acceptors (Lipinski definition) is 14. The summed E-state index contributed by atoms with van der Waals surface area (Å²) < 4.78 is 57.5. The summed E-state index contributed by atoms with van der Waals surface area (Å²) in [6.07, 6.45) is -5.74. The first-order chi connectivity index (χ1) is 30.5. The Balaban J connectivity index is 1.42. The number of ether oxygens (including phenoxy) is 7. The molecule has 1 aromatic rings. The number of cyclic esters (lactones) is 2. The zero-order valence-electron chi connectivity index (χ0n) is 39.6. The lowest BCUT2D eigenvalue weighted by molar-refractivity contribution is -0.302. The van der Waals surface area contributed by atoms with Gasteiger partial charge in [-0.1, -0.05) is 45.4 Å². The van der Waals surface area contributed by atoms with Crippen LogP contribution in [-0.4, -0.2) is 150 Å². The van der Waals surface area contributed by atoms with Gasteiger partial charge in [0.2, 0.25) is 0 Å². The van der Waals surface area contributed by atoms with Gasteiger partial charge in [-0.05, 0) is 104 Å². The standard InChI is InChI=1S/C47H69ClFN3O13/c1-12-35-47(9)39(51(43(56)65-47)18-17-30-15-16-33(49)32(48)20-30)27(5)36(53)24(2)21-46(8,59-11)40(64-42-37(54)34(19-26(4)61-42)50(10)22-31-13-14-31)28(6)38(29(7)41(55)62-35)63-45(58)52-25(3)23-60-44(52)57/h15-16,20,24-29,31,34-35,37-40,42,54H,12-14,17-19,21-23H2,1-11H3/t24-,25+,26-,27+,28+,29-,34+,35-,37-,38+,39-,40-,42?,46+,47-/m1/s1. The number of fused-ring (bicyclic) bond motifs is 1. The number of Topliss-reactive ketones (excluding diaryl/α,β-unsaturated/α-hetero) is 1. The number of carbonyl (C=O) groups excluding carboxylic acids is 5. The van der Waals surface area contributed by atoms with Crippen LogP contribution in [0.3, 0.4) is 0 Å². The van der Waals surface area contributed by atoms with Crippen LogP contribution in [0.4, 0.5) is 18.8 Å². The Kier molecular flexibility index (Phi) is 15.9. The third kappa shape index (κ3) is 10.6. The molecule has 0 aromatic heterocycles. The Morgan fingerprint density at radius 1 is 1.05 bits per heavy atom. The zero-order chi connectivity index (χ0) is 47.9. The predicted molar refractivity (Wildman–Crippen MR) is 234 cm³/mol. The third-order valence-electron chi connectivity index (χ3n) is 14.6. The van der Waals surface area contributed by atoms with Gasteiger partial charge in [-0.2, -0.15) is 0 Å². The maximum absolute atomic E-state index is 15.0. The molecule has 364 valence electrons. The maximum atomic E-state index is 15.0. The molecule has 1 saturated carbocycles. The van der Waals surface area contributed by atoms with E-state index in [0.29, 0.717) is 17.9 Å². The first kappa shape index (κ1) is 50.8. The van der Waals surface area contributed by atoms with Crippen LogP contribution < -0.4 is 0 Å². The molecule has 15 atom stereocenters. The molecule has 1 aromatic carbocycles. The minimum Gasteiger partial charge on any atom is -0.458 e. The van der Waals surface area contributed by atoms with Crippen molar-refractivity contribution < 1.29 is 66.6 Å². The van der Waals surface area contributed by atoms with E-state index in [1.165, 1.54) is 31.1 Å². The molecule has 1 unspecified atom stereocenters. The number of benzene rings is 1. The van der Waals surface area contributed by atoms with E-state index >= 15 is 0 Å². The fourth-order valence-electron chi connectivity index (χ4n) is 10.7. The average molecular weight is 939 g/mol. The number of imide groups is 1. The smallest absolute Gasteiger partial charge is 0.419 e. The van der Waals surface area contributed by atoms with E-state index in [0.717, 1.165) is 24.3 Å². The number of esters is 1. The summed E-state index contributed by atoms with van der Waals surface area (Å²) in [6.45, 7) is 16.2. The Bertz CT molecular complexity index is 1930. The van der Waals surface area contributed by atoms with Crippen molar-refractivity contribution in [1.29, 1.82) is 0 Å². The lowest BCUT2D eigenvalue weighted by atomic mass is 9.73. The summed E-state index contributed by atoms with van der Waals surface area (Å²) in [5.74, 6) is -4.94. The Morgan fingerprint density at radius 2 is 1.74 bits per heavy atom. The summed E-state index contributed by atoms with van der Waals surface area (Å²) in [5.41, 5.74) is -2.31. The van der Waals surface area contributed by atoms with Crippen LogP contribution >= 0.6 is 11.6 Å². The van der Waals surface area contributed by atoms with Crippen molar-refractivity contribution in [1.82, 2.24) is 14.7 Å². The summed E-state index contributed by atoms with van der Waals surface area (Å²) in [5, 5.41) is 11.9. The molecular formula is C47H69ClFN3O13. The fraction of sp³-hybridized carbons (Fsp3) is 0.766. The quantitative estimate of drug-likeness (QED) is 0.181. The van der Waals surface area contributed by atoms with Gasteiger partial charge in [0.25, 0.3) is 0 Å². The molecule has 4 heterocycles. The van der Waals surface area contributed by atoms with E-state index < -0.39 is 108 Å². The number of hydrogen-bond donors (Lipinski definition) is 1. The molecule has 0 spiro atoms. The van der Waals surface area contributed by atoms with E-state index in [2.05, 4.69) is 4.90 Å². The number of amides is 3. The molecule has 3 amide bonds. The van der Waals surface area contributed by atoms with Gasteiger partial charge in [-0.3, -0.25) is 14.5 Å². The summed E-state index contributed by atoms with van der Waals surface area (Å²) in [6, 6.07) is 2.34. The Hall–Kier alpha value is -3.61. The van der Waals surface area contributed by atoms with Crippen molar-refractivity contribution in [3.05, 3.63) is 34.6 Å². The van der Waals surface area contributed by atoms with E-state index in [4.69, 9.17) is 44.8 Å². The summed E-state index contributed by atoms with van der Waals surface area (Å²) in [4.78, 5) is 75.0. The molecule has 18 heteroatoms. The minimum absolute atomic E-state index is 0.0313. The SMILES string of the molecule is CC[C@H]1OC(=O)[C@H](C)[C@@H](OC(=O)N2C(=O)OC[C@@H]2C)[C@H](C)[C@@H](OC2O[C@H](C)C[C@H](N(C)CC3CC3)[C@H]2O)[C@@](C)(OC)C[C@@H](C)C(=O)[C@H](C)[C@H]2N(CCc3ccc(F)c(Cl)c3)C(=O)O[C@]12C. The van der Waals surface area contributed by atoms with Gasteiger partial charge in [0.15, 0.2) is 11.9 Å². The van der Waals surface area contributed by atoms with Crippen LogP contribution in [0, 0.1) is 35.4 Å². The molecule has 5 aliphatic rings. The number of carbonyl (C=O) groups is 5. The van der Waals surface area contributed by atoms with Crippen LogP contribution in [0.1, 0.15) is 100.0 Å². The number of halogens is 2. The normalized spacial score (nSPS) is 38.5. The van der Waals surface area contributed by atoms with E-state index in [9.17, 15) is 33.5 Å². The molecule has 0 radical (unpaired) electrons. The van der Waals surface area contributed by atoms with Crippen LogP contribution in [-0.2, 0) is 49.2 Å². The fourth-order valence-corrected chi connectivity index (χ4v) is 10.9. The second kappa shape index (κ2) is 20.3. The van der Waals surface area contributed by atoms with Crippen LogP contribution in [0.5, 0.6) is 0 Å². The number of aliphatic hydroxyl groups is 1. The maximum Gasteiger partial charge on any atom is 0.419 e. The first-order valence-electron chi connectivity index (χ1n) is 23.1. The van der Waals surface area contributed by atoms with E-state index in [1.54, 1.807) is 54.5 Å². The van der Waals surface area contributed by atoms with Crippen molar-refractivity contribution in [2.24, 2.45) is 29.6 Å². The average Bonchev–Trinajstić information content (AvgIpc) is 3.95. The van der Waals surface area contributed by atoms with Crippen molar-refractivity contribution in [3.8, 4) is 0 Å². The third-order valence-corrected chi connectivity index (χ3v) is 14.9. The van der Waals surface area contributed by atoms with Crippen LogP contribution in [0.25, 0.3) is 0 Å². The van der Waals surface area contributed by atoms with Gasteiger partial charge in [0.1, 0.15) is 36.5 Å². The number of likely N-dealkylation sites (N-methyl/N-ethyl adjacent to an activating group) is 1. The van der Waals surface area contributed by atoms with Crippen molar-refractivity contribution in [3.63, 3.8) is 0 Å². The highest BCUT2D eigenvalue weighted by Crippen LogP contribution is 2.44. The molecule has 1 N–H and O–H groups in total. The molecule has 65 heavy (non-hydrogen) atoms. The number of rotatable bonds is 11. The Morgan fingerprint density at radius 3 is 2.34 bits per heavy atom. The summed E-state index contributed by atoms with van der Waals surface area (Å²) >= 11 is 6.10. The molecule has 6 rings (SSSR count). The molecule has 4 saturated heterocycles. The monoisotopic (exact) mass is 937 g/mol. The molecule has 5 fully saturated rings. The van der Waals surface area contributed by atoms with E-state index in [-0.39, 0.29) is 55.4 Å². The van der Waals surface area contributed by atoms with Gasteiger partial charge in [-0.15, -0.1) is 0 Å². The highest BCUT2D eigenvalue weighted by molar-refractivity contribution is 6.30. The van der Waals surface area contributed by atoms with Crippen molar-refractivity contribution in [2.75, 3.05) is 33.9 Å². The molecule has 16 nitrogen and oxygen atoms in total. The topological polar surface area (TPSA) is 180 Å². The largest absolute Gasteiger partial charge is 0.458 e.